The van der Waals surface area contributed by atoms with E-state index in [1.807, 2.05) is 31.1 Å². The van der Waals surface area contributed by atoms with Crippen LogP contribution < -0.4 is 21.1 Å². The zero-order chi connectivity index (χ0) is 20.4. The van der Waals surface area contributed by atoms with Crippen molar-refractivity contribution in [2.45, 2.75) is 6.04 Å². The van der Waals surface area contributed by atoms with Crippen molar-refractivity contribution in [2.75, 3.05) is 33.1 Å². The number of anilines is 1. The molecule has 150 valence electrons. The number of urea groups is 1. The summed E-state index contributed by atoms with van der Waals surface area (Å²) in [5.74, 6) is 1.24. The maximum atomic E-state index is 12.5. The van der Waals surface area contributed by atoms with E-state index in [9.17, 15) is 9.59 Å². The summed E-state index contributed by atoms with van der Waals surface area (Å²) < 4.78 is 13.9. The molecule has 1 atom stereocenters. The molecule has 0 aliphatic carbocycles. The molecule has 0 saturated heterocycles. The van der Waals surface area contributed by atoms with Gasteiger partial charge < -0.3 is 19.8 Å². The van der Waals surface area contributed by atoms with Crippen molar-refractivity contribution < 1.29 is 13.9 Å². The highest BCUT2D eigenvalue weighted by Gasteiger charge is 2.19. The Kier molecular flexibility index (Phi) is 5.46. The third kappa shape index (κ3) is 3.61. The molecule has 0 spiro atoms. The van der Waals surface area contributed by atoms with E-state index in [4.69, 9.17) is 9.15 Å². The largest absolute Gasteiger partial charge is 0.494 e. The molecule has 1 aromatic carbocycles. The standard InChI is InChI=1S/C19H25N5O4/c1-22(2)15(16-7-6-8-28-16)11-20-18(25)21-12-9-13-14(10-17(12)27-5)24(4)19(26)23(13)3/h6-10,15H,11H2,1-5H3,(H2,20,21,25)/t15-/m1/s1. The van der Waals surface area contributed by atoms with Gasteiger partial charge in [-0.3, -0.25) is 14.0 Å². The number of furan rings is 1. The van der Waals surface area contributed by atoms with Crippen LogP contribution in [0.25, 0.3) is 11.0 Å². The Hall–Kier alpha value is -3.20. The number of likely N-dealkylation sites (N-methyl/N-ethyl adjacent to an activating group) is 1. The number of aromatic nitrogens is 2. The average molecular weight is 387 g/mol. The first-order valence-corrected chi connectivity index (χ1v) is 8.81. The van der Waals surface area contributed by atoms with Gasteiger partial charge in [0.25, 0.3) is 0 Å². The smallest absolute Gasteiger partial charge is 0.328 e. The predicted octanol–water partition coefficient (Wildman–Crippen LogP) is 1.90. The number of hydrogen-bond donors (Lipinski definition) is 2. The van der Waals surface area contributed by atoms with Crippen LogP contribution in [0.2, 0.25) is 0 Å². The minimum Gasteiger partial charge on any atom is -0.494 e. The normalized spacial score (nSPS) is 12.4. The number of nitrogens with zero attached hydrogens (tertiary/aromatic N) is 3. The Bertz CT molecular complexity index is 1030. The minimum absolute atomic E-state index is 0.0972. The molecule has 3 rings (SSSR count). The van der Waals surface area contributed by atoms with Crippen LogP contribution >= 0.6 is 0 Å². The van der Waals surface area contributed by atoms with E-state index >= 15 is 0 Å². The third-order valence-electron chi connectivity index (χ3n) is 4.79. The summed E-state index contributed by atoms with van der Waals surface area (Å²) in [6.45, 7) is 0.362. The molecule has 2 amide bonds. The van der Waals surface area contributed by atoms with Gasteiger partial charge in [0.1, 0.15) is 11.5 Å². The summed E-state index contributed by atoms with van der Waals surface area (Å²) >= 11 is 0. The van der Waals surface area contributed by atoms with Gasteiger partial charge >= 0.3 is 11.7 Å². The monoisotopic (exact) mass is 387 g/mol. The van der Waals surface area contributed by atoms with Crippen molar-refractivity contribution in [2.24, 2.45) is 14.1 Å². The lowest BCUT2D eigenvalue weighted by molar-refractivity contribution is 0.233. The SMILES string of the molecule is COc1cc2c(cc1NC(=O)NC[C@H](c1ccco1)N(C)C)n(C)c(=O)n2C. The number of imidazole rings is 1. The number of amides is 2. The highest BCUT2D eigenvalue weighted by atomic mass is 16.5. The molecular weight excluding hydrogens is 362 g/mol. The fourth-order valence-electron chi connectivity index (χ4n) is 3.17. The fourth-order valence-corrected chi connectivity index (χ4v) is 3.17. The average Bonchev–Trinajstić information content (AvgIpc) is 3.26. The van der Waals surface area contributed by atoms with E-state index in [0.29, 0.717) is 23.5 Å². The van der Waals surface area contributed by atoms with E-state index in [2.05, 4.69) is 10.6 Å². The van der Waals surface area contributed by atoms with E-state index in [1.54, 1.807) is 32.5 Å². The zero-order valence-corrected chi connectivity index (χ0v) is 16.6. The minimum atomic E-state index is -0.378. The lowest BCUT2D eigenvalue weighted by Crippen LogP contribution is -2.36. The second kappa shape index (κ2) is 7.81. The lowest BCUT2D eigenvalue weighted by atomic mass is 10.2. The number of fused-ring (bicyclic) bond motifs is 1. The molecule has 2 aromatic heterocycles. The number of hydrogen-bond acceptors (Lipinski definition) is 5. The zero-order valence-electron chi connectivity index (χ0n) is 16.6. The molecule has 9 heteroatoms. The summed E-state index contributed by atoms with van der Waals surface area (Å²) in [7, 11) is 8.73. The van der Waals surface area contributed by atoms with Gasteiger partial charge in [-0.1, -0.05) is 0 Å². The Morgan fingerprint density at radius 2 is 1.93 bits per heavy atom. The maximum Gasteiger partial charge on any atom is 0.328 e. The molecular formula is C19H25N5O4. The van der Waals surface area contributed by atoms with Gasteiger partial charge in [0, 0.05) is 26.7 Å². The number of rotatable bonds is 6. The van der Waals surface area contributed by atoms with Gasteiger partial charge in [-0.15, -0.1) is 0 Å². The Morgan fingerprint density at radius 3 is 2.50 bits per heavy atom. The lowest BCUT2D eigenvalue weighted by Gasteiger charge is -2.22. The molecule has 3 aromatic rings. The van der Waals surface area contributed by atoms with E-state index < -0.39 is 0 Å². The topological polar surface area (TPSA) is 93.7 Å². The highest BCUT2D eigenvalue weighted by molar-refractivity contribution is 5.94. The Labute approximate surface area is 162 Å². The quantitative estimate of drug-likeness (QED) is 0.674. The number of ether oxygens (including phenoxy) is 1. The molecule has 9 nitrogen and oxygen atoms in total. The number of nitrogens with one attached hydrogen (secondary N) is 2. The van der Waals surface area contributed by atoms with E-state index in [1.165, 1.54) is 16.2 Å². The fraction of sp³-hybridized carbons (Fsp3) is 0.368. The summed E-state index contributed by atoms with van der Waals surface area (Å²) in [6, 6.07) is 6.67. The van der Waals surface area contributed by atoms with Crippen LogP contribution in [0.1, 0.15) is 11.8 Å². The molecule has 2 heterocycles. The number of carbonyl (C=O) groups is 1. The van der Waals surface area contributed by atoms with Crippen LogP contribution in [0, 0.1) is 0 Å². The summed E-state index contributed by atoms with van der Waals surface area (Å²) in [6.07, 6.45) is 1.61. The van der Waals surface area contributed by atoms with Gasteiger partial charge in [-0.2, -0.15) is 0 Å². The van der Waals surface area contributed by atoms with Crippen LogP contribution in [0.3, 0.4) is 0 Å². The molecule has 2 N–H and O–H groups in total. The van der Waals surface area contributed by atoms with Crippen LogP contribution in [0.4, 0.5) is 10.5 Å². The third-order valence-corrected chi connectivity index (χ3v) is 4.79. The van der Waals surface area contributed by atoms with Crippen molar-refractivity contribution in [3.05, 3.63) is 46.8 Å². The van der Waals surface area contributed by atoms with Crippen molar-refractivity contribution in [1.82, 2.24) is 19.4 Å². The van der Waals surface area contributed by atoms with E-state index in [-0.39, 0.29) is 17.8 Å². The number of carbonyl (C=O) groups excluding carboxylic acids is 1. The van der Waals surface area contributed by atoms with Crippen LogP contribution in [-0.4, -0.2) is 47.8 Å². The molecule has 0 unspecified atom stereocenters. The molecule has 0 bridgehead atoms. The molecule has 0 saturated carbocycles. The second-order valence-electron chi connectivity index (χ2n) is 6.77. The van der Waals surface area contributed by atoms with Crippen molar-refractivity contribution in [3.8, 4) is 5.75 Å². The number of methoxy groups -OCH3 is 1. The number of aryl methyl sites for hydroxylation is 2. The predicted molar refractivity (Wildman–Crippen MR) is 107 cm³/mol. The second-order valence-corrected chi connectivity index (χ2v) is 6.77. The molecule has 0 fully saturated rings. The van der Waals surface area contributed by atoms with Crippen molar-refractivity contribution in [3.63, 3.8) is 0 Å². The number of benzene rings is 1. The van der Waals surface area contributed by atoms with Gasteiger partial charge in [0.05, 0.1) is 36.1 Å². The summed E-state index contributed by atoms with van der Waals surface area (Å²) in [4.78, 5) is 26.6. The summed E-state index contributed by atoms with van der Waals surface area (Å²) in [5, 5.41) is 5.65. The first kappa shape index (κ1) is 19.6. The van der Waals surface area contributed by atoms with Crippen LogP contribution in [0.15, 0.2) is 39.7 Å². The first-order chi connectivity index (χ1) is 13.3. The molecule has 0 aliphatic heterocycles. The van der Waals surface area contributed by atoms with Gasteiger partial charge in [0.15, 0.2) is 0 Å². The van der Waals surface area contributed by atoms with Gasteiger partial charge in [-0.05, 0) is 32.3 Å². The van der Waals surface area contributed by atoms with Crippen molar-refractivity contribution >= 4 is 22.8 Å². The molecule has 0 radical (unpaired) electrons. The maximum absolute atomic E-state index is 12.5. The van der Waals surface area contributed by atoms with Crippen molar-refractivity contribution in [1.29, 1.82) is 0 Å². The highest BCUT2D eigenvalue weighted by Crippen LogP contribution is 2.29. The van der Waals surface area contributed by atoms with Gasteiger partial charge in [-0.25, -0.2) is 9.59 Å². The Balaban J connectivity index is 1.79. The molecule has 28 heavy (non-hydrogen) atoms. The first-order valence-electron chi connectivity index (χ1n) is 8.81. The van der Waals surface area contributed by atoms with Crippen LogP contribution in [-0.2, 0) is 14.1 Å². The Morgan fingerprint density at radius 1 is 1.25 bits per heavy atom. The molecule has 0 aliphatic rings. The summed E-state index contributed by atoms with van der Waals surface area (Å²) in [5.41, 5.74) is 1.75. The van der Waals surface area contributed by atoms with Crippen LogP contribution in [0.5, 0.6) is 5.75 Å². The van der Waals surface area contributed by atoms with E-state index in [0.717, 1.165) is 11.3 Å². The van der Waals surface area contributed by atoms with Gasteiger partial charge in [0.2, 0.25) is 0 Å².